The Labute approximate surface area is 88.4 Å². The molecule has 0 saturated carbocycles. The number of aliphatic hydroxyl groups excluding tert-OH is 1. The van der Waals surface area contributed by atoms with Crippen LogP contribution in [0.5, 0.6) is 0 Å². The molecule has 3 nitrogen and oxygen atoms in total. The normalized spacial score (nSPS) is 12.7. The summed E-state index contributed by atoms with van der Waals surface area (Å²) in [6.07, 6.45) is -0.665. The summed E-state index contributed by atoms with van der Waals surface area (Å²) in [4.78, 5) is 0. The van der Waals surface area contributed by atoms with Gasteiger partial charge in [0.25, 0.3) is 0 Å². The average molecular weight is 214 g/mol. The molecule has 1 unspecified atom stereocenters. The van der Waals surface area contributed by atoms with E-state index in [0.29, 0.717) is 5.56 Å². The van der Waals surface area contributed by atoms with Crippen molar-refractivity contribution in [2.75, 3.05) is 20.3 Å². The fourth-order valence-corrected chi connectivity index (χ4v) is 1.16. The molecule has 0 aliphatic rings. The summed E-state index contributed by atoms with van der Waals surface area (Å²) >= 11 is 0. The lowest BCUT2D eigenvalue weighted by atomic mass is 10.2. The first kappa shape index (κ1) is 12.1. The molecule has 1 atom stereocenters. The van der Waals surface area contributed by atoms with Gasteiger partial charge in [-0.2, -0.15) is 0 Å². The van der Waals surface area contributed by atoms with Crippen molar-refractivity contribution in [3.05, 3.63) is 35.6 Å². The maximum atomic E-state index is 13.1. The molecule has 1 aromatic carbocycles. The molecule has 0 heterocycles. The Kier molecular flexibility index (Phi) is 5.25. The lowest BCUT2D eigenvalue weighted by Crippen LogP contribution is -2.20. The molecule has 1 aromatic rings. The third-order valence-corrected chi connectivity index (χ3v) is 1.88. The molecule has 0 amide bonds. The lowest BCUT2D eigenvalue weighted by molar-refractivity contribution is -0.0120. The highest BCUT2D eigenvalue weighted by atomic mass is 19.1. The molecule has 1 N–H and O–H groups in total. The smallest absolute Gasteiger partial charge is 0.128 e. The first-order chi connectivity index (χ1) is 7.24. The second-order valence-corrected chi connectivity index (χ2v) is 3.22. The zero-order valence-corrected chi connectivity index (χ0v) is 8.65. The molecule has 0 bridgehead atoms. The summed E-state index contributed by atoms with van der Waals surface area (Å²) in [5, 5.41) is 9.25. The van der Waals surface area contributed by atoms with Crippen LogP contribution in [0.4, 0.5) is 4.39 Å². The van der Waals surface area contributed by atoms with Crippen LogP contribution in [0, 0.1) is 5.82 Å². The molecule has 1 rings (SSSR count). The van der Waals surface area contributed by atoms with E-state index in [1.807, 2.05) is 0 Å². The third kappa shape index (κ3) is 4.38. The van der Waals surface area contributed by atoms with Crippen LogP contribution < -0.4 is 0 Å². The lowest BCUT2D eigenvalue weighted by Gasteiger charge is -2.10. The van der Waals surface area contributed by atoms with Crippen molar-refractivity contribution in [3.8, 4) is 0 Å². The van der Waals surface area contributed by atoms with Crippen LogP contribution in [0.3, 0.4) is 0 Å². The zero-order chi connectivity index (χ0) is 11.1. The van der Waals surface area contributed by atoms with Crippen LogP contribution in [0.25, 0.3) is 0 Å². The molecule has 84 valence electrons. The standard InChI is InChI=1S/C11H15FO3/c1-14-7-10(13)8-15-6-9-4-2-3-5-11(9)12/h2-5,10,13H,6-8H2,1H3. The fourth-order valence-electron chi connectivity index (χ4n) is 1.16. The minimum absolute atomic E-state index is 0.141. The summed E-state index contributed by atoms with van der Waals surface area (Å²) in [5.74, 6) is -0.293. The van der Waals surface area contributed by atoms with Crippen LogP contribution in [0.1, 0.15) is 5.56 Å². The van der Waals surface area contributed by atoms with E-state index < -0.39 is 6.10 Å². The quantitative estimate of drug-likeness (QED) is 0.776. The van der Waals surface area contributed by atoms with E-state index in [4.69, 9.17) is 9.47 Å². The van der Waals surface area contributed by atoms with E-state index in [1.54, 1.807) is 18.2 Å². The number of hydrogen-bond donors (Lipinski definition) is 1. The summed E-state index contributed by atoms with van der Waals surface area (Å²) in [6.45, 7) is 0.521. The Morgan fingerprint density at radius 2 is 2.07 bits per heavy atom. The molecule has 0 fully saturated rings. The van der Waals surface area contributed by atoms with E-state index in [9.17, 15) is 9.50 Å². The largest absolute Gasteiger partial charge is 0.388 e. The molecule has 0 spiro atoms. The van der Waals surface area contributed by atoms with Crippen LogP contribution in [-0.2, 0) is 16.1 Å². The van der Waals surface area contributed by atoms with Crippen molar-refractivity contribution in [1.29, 1.82) is 0 Å². The minimum Gasteiger partial charge on any atom is -0.388 e. The van der Waals surface area contributed by atoms with Crippen LogP contribution in [-0.4, -0.2) is 31.5 Å². The van der Waals surface area contributed by atoms with Gasteiger partial charge in [-0.15, -0.1) is 0 Å². The molecule has 0 aromatic heterocycles. The molecule has 4 heteroatoms. The number of aliphatic hydroxyl groups is 1. The maximum Gasteiger partial charge on any atom is 0.128 e. The number of benzene rings is 1. The molecule has 0 aliphatic heterocycles. The van der Waals surface area contributed by atoms with Gasteiger partial charge in [0.15, 0.2) is 0 Å². The first-order valence-electron chi connectivity index (χ1n) is 4.72. The van der Waals surface area contributed by atoms with Gasteiger partial charge < -0.3 is 14.6 Å². The molecule has 15 heavy (non-hydrogen) atoms. The summed E-state index contributed by atoms with van der Waals surface area (Å²) in [7, 11) is 1.50. The molecular formula is C11H15FO3. The van der Waals surface area contributed by atoms with Crippen molar-refractivity contribution in [2.45, 2.75) is 12.7 Å². The Morgan fingerprint density at radius 3 is 2.73 bits per heavy atom. The van der Waals surface area contributed by atoms with E-state index >= 15 is 0 Å². The van der Waals surface area contributed by atoms with Gasteiger partial charge >= 0.3 is 0 Å². The number of hydrogen-bond acceptors (Lipinski definition) is 3. The van der Waals surface area contributed by atoms with Gasteiger partial charge in [-0.25, -0.2) is 4.39 Å². The van der Waals surface area contributed by atoms with Gasteiger partial charge in [-0.3, -0.25) is 0 Å². The van der Waals surface area contributed by atoms with Gasteiger partial charge in [0, 0.05) is 12.7 Å². The molecular weight excluding hydrogens is 199 g/mol. The first-order valence-corrected chi connectivity index (χ1v) is 4.72. The second-order valence-electron chi connectivity index (χ2n) is 3.22. The Bertz CT molecular complexity index is 291. The van der Waals surface area contributed by atoms with E-state index in [-0.39, 0.29) is 25.6 Å². The van der Waals surface area contributed by atoms with E-state index in [2.05, 4.69) is 0 Å². The highest BCUT2D eigenvalue weighted by Crippen LogP contribution is 2.07. The monoisotopic (exact) mass is 214 g/mol. The fraction of sp³-hybridized carbons (Fsp3) is 0.455. The number of rotatable bonds is 6. The number of methoxy groups -OCH3 is 1. The van der Waals surface area contributed by atoms with Gasteiger partial charge in [0.05, 0.1) is 19.8 Å². The van der Waals surface area contributed by atoms with Crippen molar-refractivity contribution in [3.63, 3.8) is 0 Å². The second kappa shape index (κ2) is 6.50. The number of halogens is 1. The summed E-state index contributed by atoms with van der Waals surface area (Å²) in [5.41, 5.74) is 0.488. The van der Waals surface area contributed by atoms with Crippen LogP contribution in [0.2, 0.25) is 0 Å². The average Bonchev–Trinajstić information content (AvgIpc) is 2.21. The molecule has 0 radical (unpaired) electrons. The van der Waals surface area contributed by atoms with Gasteiger partial charge in [-0.1, -0.05) is 18.2 Å². The molecule has 0 saturated heterocycles. The van der Waals surface area contributed by atoms with Gasteiger partial charge in [-0.05, 0) is 6.07 Å². The maximum absolute atomic E-state index is 13.1. The highest BCUT2D eigenvalue weighted by Gasteiger charge is 2.05. The molecule has 0 aliphatic carbocycles. The van der Waals surface area contributed by atoms with E-state index in [0.717, 1.165) is 0 Å². The highest BCUT2D eigenvalue weighted by molar-refractivity contribution is 5.16. The predicted octanol–water partition coefficient (Wildman–Crippen LogP) is 1.35. The number of ether oxygens (including phenoxy) is 2. The SMILES string of the molecule is COCC(O)COCc1ccccc1F. The van der Waals surface area contributed by atoms with E-state index in [1.165, 1.54) is 13.2 Å². The predicted molar refractivity (Wildman–Crippen MR) is 53.9 cm³/mol. The summed E-state index contributed by atoms with van der Waals surface area (Å²) < 4.78 is 23.0. The van der Waals surface area contributed by atoms with Crippen LogP contribution >= 0.6 is 0 Å². The zero-order valence-electron chi connectivity index (χ0n) is 8.65. The van der Waals surface area contributed by atoms with Crippen molar-refractivity contribution in [2.24, 2.45) is 0 Å². The third-order valence-electron chi connectivity index (χ3n) is 1.88. The van der Waals surface area contributed by atoms with Crippen molar-refractivity contribution < 1.29 is 19.0 Å². The van der Waals surface area contributed by atoms with Crippen molar-refractivity contribution >= 4 is 0 Å². The van der Waals surface area contributed by atoms with Gasteiger partial charge in [0.2, 0.25) is 0 Å². The Balaban J connectivity index is 2.29. The van der Waals surface area contributed by atoms with Crippen LogP contribution in [0.15, 0.2) is 24.3 Å². The summed E-state index contributed by atoms with van der Waals surface area (Å²) in [6, 6.07) is 6.40. The van der Waals surface area contributed by atoms with Gasteiger partial charge in [0.1, 0.15) is 11.9 Å². The topological polar surface area (TPSA) is 38.7 Å². The van der Waals surface area contributed by atoms with Crippen molar-refractivity contribution in [1.82, 2.24) is 0 Å². The Morgan fingerprint density at radius 1 is 1.33 bits per heavy atom. The Hall–Kier alpha value is -0.970. The minimum atomic E-state index is -0.665.